The molecule has 0 aliphatic heterocycles. The van der Waals surface area contributed by atoms with E-state index in [-0.39, 0.29) is 18.4 Å². The molecular formula is C21H23F3N2O2. The number of anilines is 1. The van der Waals surface area contributed by atoms with E-state index < -0.39 is 17.2 Å². The molecule has 0 unspecified atom stereocenters. The fraction of sp³-hybridized carbons (Fsp3) is 0.333. The highest BCUT2D eigenvalue weighted by Crippen LogP contribution is 2.29. The highest BCUT2D eigenvalue weighted by Gasteiger charge is 2.29. The molecule has 0 saturated carbocycles. The van der Waals surface area contributed by atoms with Crippen molar-refractivity contribution >= 4 is 17.5 Å². The monoisotopic (exact) mass is 392 g/mol. The average Bonchev–Trinajstić information content (AvgIpc) is 2.60. The predicted octanol–water partition coefficient (Wildman–Crippen LogP) is 4.66. The number of carbonyl (C=O) groups is 2. The molecule has 4 nitrogen and oxygen atoms in total. The molecule has 2 rings (SSSR count). The Morgan fingerprint density at radius 3 is 2.18 bits per heavy atom. The summed E-state index contributed by atoms with van der Waals surface area (Å²) in [6, 6.07) is 11.4. The van der Waals surface area contributed by atoms with Crippen molar-refractivity contribution in [2.45, 2.75) is 33.4 Å². The first kappa shape index (κ1) is 21.5. The van der Waals surface area contributed by atoms with Crippen LogP contribution >= 0.6 is 0 Å². The highest BCUT2D eigenvalue weighted by molar-refractivity contribution is 5.98. The fourth-order valence-electron chi connectivity index (χ4n) is 2.34. The molecular weight excluding hydrogens is 369 g/mol. The van der Waals surface area contributed by atoms with Crippen molar-refractivity contribution in [3.05, 3.63) is 65.2 Å². The van der Waals surface area contributed by atoms with Gasteiger partial charge in [0, 0.05) is 23.2 Å². The second kappa shape index (κ2) is 8.46. The van der Waals surface area contributed by atoms with Gasteiger partial charge in [0.15, 0.2) is 0 Å². The van der Waals surface area contributed by atoms with E-state index in [1.54, 1.807) is 45.0 Å². The van der Waals surface area contributed by atoms with Gasteiger partial charge in [-0.1, -0.05) is 39.0 Å². The van der Waals surface area contributed by atoms with E-state index in [1.165, 1.54) is 12.1 Å². The van der Waals surface area contributed by atoms with E-state index in [9.17, 15) is 22.8 Å². The number of alkyl halides is 3. The summed E-state index contributed by atoms with van der Waals surface area (Å²) in [5, 5.41) is 5.49. The van der Waals surface area contributed by atoms with Gasteiger partial charge in [-0.25, -0.2) is 0 Å². The minimum absolute atomic E-state index is 0.160. The summed E-state index contributed by atoms with van der Waals surface area (Å²) < 4.78 is 37.7. The van der Waals surface area contributed by atoms with Crippen LogP contribution in [0.25, 0.3) is 0 Å². The summed E-state index contributed by atoms with van der Waals surface area (Å²) in [5.74, 6) is -0.480. The largest absolute Gasteiger partial charge is 0.416 e. The predicted molar refractivity (Wildman–Crippen MR) is 102 cm³/mol. The van der Waals surface area contributed by atoms with Crippen LogP contribution in [0.2, 0.25) is 0 Å². The molecule has 0 fully saturated rings. The Bertz CT molecular complexity index is 838. The van der Waals surface area contributed by atoms with E-state index in [2.05, 4.69) is 10.6 Å². The van der Waals surface area contributed by atoms with Crippen LogP contribution in [0.4, 0.5) is 18.9 Å². The summed E-state index contributed by atoms with van der Waals surface area (Å²) in [4.78, 5) is 24.3. The number of nitrogens with one attached hydrogen (secondary N) is 2. The van der Waals surface area contributed by atoms with Crippen LogP contribution in [0, 0.1) is 5.41 Å². The molecule has 0 spiro atoms. The molecule has 0 bridgehead atoms. The first-order valence-electron chi connectivity index (χ1n) is 8.83. The first-order valence-corrected chi connectivity index (χ1v) is 8.83. The number of benzene rings is 2. The second-order valence-corrected chi connectivity index (χ2v) is 7.49. The summed E-state index contributed by atoms with van der Waals surface area (Å²) in [7, 11) is 0. The Kier molecular flexibility index (Phi) is 6.48. The number of carbonyl (C=O) groups excluding carboxylic acids is 2. The van der Waals surface area contributed by atoms with Gasteiger partial charge in [-0.2, -0.15) is 13.2 Å². The van der Waals surface area contributed by atoms with Crippen molar-refractivity contribution in [3.8, 4) is 0 Å². The van der Waals surface area contributed by atoms with Crippen LogP contribution in [0.5, 0.6) is 0 Å². The third-order valence-corrected chi connectivity index (χ3v) is 4.04. The van der Waals surface area contributed by atoms with Gasteiger partial charge in [0.1, 0.15) is 0 Å². The fourth-order valence-corrected chi connectivity index (χ4v) is 2.34. The molecule has 0 heterocycles. The van der Waals surface area contributed by atoms with Crippen LogP contribution in [-0.4, -0.2) is 18.4 Å². The van der Waals surface area contributed by atoms with Crippen LogP contribution < -0.4 is 10.6 Å². The van der Waals surface area contributed by atoms with Gasteiger partial charge in [0.25, 0.3) is 5.91 Å². The van der Waals surface area contributed by atoms with Gasteiger partial charge in [0.05, 0.1) is 5.56 Å². The van der Waals surface area contributed by atoms with E-state index in [0.29, 0.717) is 23.2 Å². The summed E-state index contributed by atoms with van der Waals surface area (Å²) in [6.45, 7) is 5.66. The molecule has 2 aromatic rings. The topological polar surface area (TPSA) is 58.2 Å². The van der Waals surface area contributed by atoms with Crippen molar-refractivity contribution in [1.29, 1.82) is 0 Å². The summed E-state index contributed by atoms with van der Waals surface area (Å²) in [5.41, 5.74) is 0.350. The summed E-state index contributed by atoms with van der Waals surface area (Å²) >= 11 is 0. The van der Waals surface area contributed by atoms with Gasteiger partial charge < -0.3 is 10.6 Å². The first-order chi connectivity index (χ1) is 13.0. The molecule has 0 aromatic heterocycles. The standard InChI is InChI=1S/C21H23F3N2O2/c1-20(2,3)19(28)26-17-6-4-5-15(13-17)18(27)25-12-11-14-7-9-16(10-8-14)21(22,23)24/h4-10,13H,11-12H2,1-3H3,(H,25,27)(H,26,28). The molecule has 0 aliphatic rings. The van der Waals surface area contributed by atoms with Gasteiger partial charge in [0.2, 0.25) is 5.91 Å². The van der Waals surface area contributed by atoms with Gasteiger partial charge in [-0.3, -0.25) is 9.59 Å². The number of halogens is 3. The lowest BCUT2D eigenvalue weighted by molar-refractivity contribution is -0.137. The third-order valence-electron chi connectivity index (χ3n) is 4.04. The van der Waals surface area contributed by atoms with Crippen molar-refractivity contribution in [2.75, 3.05) is 11.9 Å². The maximum Gasteiger partial charge on any atom is 0.416 e. The second-order valence-electron chi connectivity index (χ2n) is 7.49. The quantitative estimate of drug-likeness (QED) is 0.777. The number of rotatable bonds is 5. The van der Waals surface area contributed by atoms with Crippen molar-refractivity contribution in [1.82, 2.24) is 5.32 Å². The lowest BCUT2D eigenvalue weighted by Gasteiger charge is -2.18. The summed E-state index contributed by atoms with van der Waals surface area (Å²) in [6.07, 6.45) is -3.95. The normalized spacial score (nSPS) is 11.8. The lowest BCUT2D eigenvalue weighted by Crippen LogP contribution is -2.28. The Morgan fingerprint density at radius 2 is 1.61 bits per heavy atom. The van der Waals surface area contributed by atoms with Crippen LogP contribution in [0.1, 0.15) is 42.3 Å². The third kappa shape index (κ3) is 6.11. The van der Waals surface area contributed by atoms with Crippen LogP contribution in [-0.2, 0) is 17.4 Å². The van der Waals surface area contributed by atoms with Gasteiger partial charge in [-0.15, -0.1) is 0 Å². The van der Waals surface area contributed by atoms with Gasteiger partial charge >= 0.3 is 6.18 Å². The Hall–Kier alpha value is -2.83. The molecule has 2 aromatic carbocycles. The maximum atomic E-state index is 12.6. The minimum atomic E-state index is -4.36. The van der Waals surface area contributed by atoms with E-state index in [1.807, 2.05) is 0 Å². The smallest absolute Gasteiger partial charge is 0.352 e. The molecule has 28 heavy (non-hydrogen) atoms. The van der Waals surface area contributed by atoms with Gasteiger partial charge in [-0.05, 0) is 42.3 Å². The molecule has 2 amide bonds. The van der Waals surface area contributed by atoms with Crippen LogP contribution in [0.3, 0.4) is 0 Å². The number of hydrogen-bond acceptors (Lipinski definition) is 2. The van der Waals surface area contributed by atoms with E-state index in [0.717, 1.165) is 12.1 Å². The van der Waals surface area contributed by atoms with E-state index in [4.69, 9.17) is 0 Å². The zero-order valence-electron chi connectivity index (χ0n) is 16.0. The zero-order chi connectivity index (χ0) is 20.9. The van der Waals surface area contributed by atoms with Crippen molar-refractivity contribution in [2.24, 2.45) is 5.41 Å². The molecule has 0 radical (unpaired) electrons. The lowest BCUT2D eigenvalue weighted by atomic mass is 9.95. The molecule has 0 saturated heterocycles. The van der Waals surface area contributed by atoms with Crippen molar-refractivity contribution < 1.29 is 22.8 Å². The SMILES string of the molecule is CC(C)(C)C(=O)Nc1cccc(C(=O)NCCc2ccc(C(F)(F)F)cc2)c1. The van der Waals surface area contributed by atoms with Crippen LogP contribution in [0.15, 0.2) is 48.5 Å². The molecule has 7 heteroatoms. The Balaban J connectivity index is 1.91. The maximum absolute atomic E-state index is 12.6. The Morgan fingerprint density at radius 1 is 0.964 bits per heavy atom. The molecule has 2 N–H and O–H groups in total. The molecule has 0 atom stereocenters. The average molecular weight is 392 g/mol. The van der Waals surface area contributed by atoms with Crippen molar-refractivity contribution in [3.63, 3.8) is 0 Å². The molecule has 0 aliphatic carbocycles. The number of amides is 2. The number of hydrogen-bond donors (Lipinski definition) is 2. The zero-order valence-corrected chi connectivity index (χ0v) is 16.0. The molecule has 150 valence electrons. The Labute approximate surface area is 162 Å². The highest BCUT2D eigenvalue weighted by atomic mass is 19.4. The van der Waals surface area contributed by atoms with E-state index >= 15 is 0 Å². The minimum Gasteiger partial charge on any atom is -0.352 e.